The molecule has 2 rings (SSSR count). The number of methoxy groups -OCH3 is 1. The van der Waals surface area contributed by atoms with E-state index in [0.29, 0.717) is 24.4 Å². The van der Waals surface area contributed by atoms with Crippen molar-refractivity contribution in [1.29, 1.82) is 0 Å². The van der Waals surface area contributed by atoms with E-state index in [2.05, 4.69) is 10.1 Å². The molecule has 15 heavy (non-hydrogen) atoms. The van der Waals surface area contributed by atoms with E-state index in [4.69, 9.17) is 15.0 Å². The largest absolute Gasteiger partial charge is 0.377 e. The van der Waals surface area contributed by atoms with Crippen molar-refractivity contribution in [2.75, 3.05) is 7.11 Å². The third kappa shape index (κ3) is 2.54. The van der Waals surface area contributed by atoms with Crippen LogP contribution in [0.1, 0.15) is 43.3 Å². The van der Waals surface area contributed by atoms with Gasteiger partial charge in [0.1, 0.15) is 6.61 Å². The second-order valence-electron chi connectivity index (χ2n) is 4.09. The number of nitrogens with zero attached hydrogens (tertiary/aromatic N) is 2. The molecule has 1 aliphatic carbocycles. The van der Waals surface area contributed by atoms with Crippen LogP contribution in [0, 0.1) is 0 Å². The Labute approximate surface area is 89.0 Å². The average Bonchev–Trinajstić information content (AvgIpc) is 2.68. The molecular formula is C10H17N3O2. The van der Waals surface area contributed by atoms with E-state index < -0.39 is 0 Å². The topological polar surface area (TPSA) is 74.2 Å². The molecule has 0 amide bonds. The quantitative estimate of drug-likeness (QED) is 0.813. The smallest absolute Gasteiger partial charge is 0.229 e. The molecule has 0 atom stereocenters. The van der Waals surface area contributed by atoms with Gasteiger partial charge in [0.05, 0.1) is 0 Å². The summed E-state index contributed by atoms with van der Waals surface area (Å²) in [5.41, 5.74) is 5.84. The molecule has 0 unspecified atom stereocenters. The van der Waals surface area contributed by atoms with Gasteiger partial charge in [-0.25, -0.2) is 0 Å². The van der Waals surface area contributed by atoms with Crippen LogP contribution >= 0.6 is 0 Å². The molecule has 1 saturated carbocycles. The second kappa shape index (κ2) is 4.72. The van der Waals surface area contributed by atoms with Crippen molar-refractivity contribution >= 4 is 0 Å². The van der Waals surface area contributed by atoms with Gasteiger partial charge in [0.2, 0.25) is 5.89 Å². The van der Waals surface area contributed by atoms with Crippen molar-refractivity contribution in [1.82, 2.24) is 10.1 Å². The summed E-state index contributed by atoms with van der Waals surface area (Å²) in [6.07, 6.45) is 4.20. The fourth-order valence-electron chi connectivity index (χ4n) is 1.99. The molecule has 1 fully saturated rings. The van der Waals surface area contributed by atoms with Gasteiger partial charge >= 0.3 is 0 Å². The minimum Gasteiger partial charge on any atom is -0.377 e. The molecule has 0 radical (unpaired) electrons. The van der Waals surface area contributed by atoms with Crippen molar-refractivity contribution in [3.63, 3.8) is 0 Å². The highest BCUT2D eigenvalue weighted by molar-refractivity contribution is 4.96. The van der Waals surface area contributed by atoms with Crippen LogP contribution in [0.4, 0.5) is 0 Å². The van der Waals surface area contributed by atoms with Crippen LogP contribution < -0.4 is 5.73 Å². The Morgan fingerprint density at radius 3 is 2.80 bits per heavy atom. The maximum atomic E-state index is 5.84. The Hall–Kier alpha value is -0.940. The van der Waals surface area contributed by atoms with E-state index in [1.165, 1.54) is 0 Å². The second-order valence-corrected chi connectivity index (χ2v) is 4.09. The van der Waals surface area contributed by atoms with Crippen LogP contribution in [0.25, 0.3) is 0 Å². The van der Waals surface area contributed by atoms with E-state index >= 15 is 0 Å². The molecule has 1 aliphatic rings. The fraction of sp³-hybridized carbons (Fsp3) is 0.800. The van der Waals surface area contributed by atoms with Crippen molar-refractivity contribution < 1.29 is 9.26 Å². The molecule has 84 valence electrons. The van der Waals surface area contributed by atoms with Gasteiger partial charge in [-0.3, -0.25) is 0 Å². The van der Waals surface area contributed by atoms with Crippen LogP contribution in [-0.4, -0.2) is 23.3 Å². The Morgan fingerprint density at radius 2 is 2.13 bits per heavy atom. The Balaban J connectivity index is 1.96. The van der Waals surface area contributed by atoms with Crippen LogP contribution in [0.15, 0.2) is 4.52 Å². The van der Waals surface area contributed by atoms with Crippen molar-refractivity contribution in [2.24, 2.45) is 5.73 Å². The van der Waals surface area contributed by atoms with E-state index in [1.54, 1.807) is 7.11 Å². The van der Waals surface area contributed by atoms with Gasteiger partial charge in [0, 0.05) is 19.1 Å². The van der Waals surface area contributed by atoms with E-state index in [1.807, 2.05) is 0 Å². The zero-order valence-electron chi connectivity index (χ0n) is 8.98. The van der Waals surface area contributed by atoms with E-state index in [-0.39, 0.29) is 0 Å². The summed E-state index contributed by atoms with van der Waals surface area (Å²) >= 11 is 0. The van der Waals surface area contributed by atoms with Crippen molar-refractivity contribution in [2.45, 2.75) is 44.2 Å². The van der Waals surface area contributed by atoms with Gasteiger partial charge < -0.3 is 15.0 Å². The third-order valence-electron chi connectivity index (χ3n) is 2.88. The first-order valence-corrected chi connectivity index (χ1v) is 5.36. The van der Waals surface area contributed by atoms with Gasteiger partial charge in [-0.1, -0.05) is 5.16 Å². The first-order chi connectivity index (χ1) is 7.29. The zero-order chi connectivity index (χ0) is 10.7. The first kappa shape index (κ1) is 10.6. The molecule has 0 aromatic carbocycles. The Bertz CT molecular complexity index is 305. The summed E-state index contributed by atoms with van der Waals surface area (Å²) in [5.74, 6) is 1.76. The van der Waals surface area contributed by atoms with Gasteiger partial charge in [-0.05, 0) is 25.7 Å². The summed E-state index contributed by atoms with van der Waals surface area (Å²) in [7, 11) is 1.62. The summed E-state index contributed by atoms with van der Waals surface area (Å²) in [4.78, 5) is 4.31. The minimum absolute atomic E-state index is 0.350. The normalized spacial score (nSPS) is 26.8. The average molecular weight is 211 g/mol. The summed E-state index contributed by atoms with van der Waals surface area (Å²) < 4.78 is 10.2. The van der Waals surface area contributed by atoms with E-state index in [0.717, 1.165) is 31.6 Å². The van der Waals surface area contributed by atoms with Gasteiger partial charge in [0.25, 0.3) is 0 Å². The first-order valence-electron chi connectivity index (χ1n) is 5.36. The molecule has 5 heteroatoms. The van der Waals surface area contributed by atoms with Gasteiger partial charge in [-0.15, -0.1) is 0 Å². The highest BCUT2D eigenvalue weighted by Gasteiger charge is 2.24. The van der Waals surface area contributed by atoms with Crippen molar-refractivity contribution in [3.05, 3.63) is 11.7 Å². The highest BCUT2D eigenvalue weighted by Crippen LogP contribution is 2.31. The Morgan fingerprint density at radius 1 is 1.40 bits per heavy atom. The molecule has 1 aromatic rings. The zero-order valence-corrected chi connectivity index (χ0v) is 8.98. The third-order valence-corrected chi connectivity index (χ3v) is 2.88. The number of rotatable bonds is 3. The SMILES string of the molecule is COCc1noc(C2CCC(N)CC2)n1. The molecule has 0 saturated heterocycles. The maximum absolute atomic E-state index is 5.84. The van der Waals surface area contributed by atoms with Crippen LogP contribution in [0.3, 0.4) is 0 Å². The Kier molecular flexibility index (Phi) is 3.33. The minimum atomic E-state index is 0.350. The van der Waals surface area contributed by atoms with Gasteiger partial charge in [0.15, 0.2) is 5.82 Å². The standard InChI is InChI=1S/C10H17N3O2/c1-14-6-9-12-10(15-13-9)7-2-4-8(11)5-3-7/h7-8H,2-6,11H2,1H3. The lowest BCUT2D eigenvalue weighted by molar-refractivity contribution is 0.174. The molecule has 0 bridgehead atoms. The summed E-state index contributed by atoms with van der Waals surface area (Å²) in [6, 6.07) is 0.350. The number of hydrogen-bond acceptors (Lipinski definition) is 5. The van der Waals surface area contributed by atoms with Crippen LogP contribution in [0.2, 0.25) is 0 Å². The molecule has 1 aromatic heterocycles. The lowest BCUT2D eigenvalue weighted by Crippen LogP contribution is -2.25. The summed E-state index contributed by atoms with van der Waals surface area (Å²) in [6.45, 7) is 0.412. The molecule has 5 nitrogen and oxygen atoms in total. The number of aromatic nitrogens is 2. The lowest BCUT2D eigenvalue weighted by atomic mass is 9.86. The maximum Gasteiger partial charge on any atom is 0.229 e. The van der Waals surface area contributed by atoms with Gasteiger partial charge in [-0.2, -0.15) is 4.98 Å². The highest BCUT2D eigenvalue weighted by atomic mass is 16.5. The number of nitrogens with two attached hydrogens (primary N) is 1. The number of ether oxygens (including phenoxy) is 1. The van der Waals surface area contributed by atoms with E-state index in [9.17, 15) is 0 Å². The van der Waals surface area contributed by atoms with Crippen molar-refractivity contribution in [3.8, 4) is 0 Å². The molecule has 2 N–H and O–H groups in total. The molecule has 0 spiro atoms. The van der Waals surface area contributed by atoms with Crippen LogP contribution in [-0.2, 0) is 11.3 Å². The van der Waals surface area contributed by atoms with Crippen LogP contribution in [0.5, 0.6) is 0 Å². The molecular weight excluding hydrogens is 194 g/mol. The number of hydrogen-bond donors (Lipinski definition) is 1. The predicted molar refractivity (Wildman–Crippen MR) is 54.2 cm³/mol. The lowest BCUT2D eigenvalue weighted by Gasteiger charge is -2.22. The summed E-state index contributed by atoms with van der Waals surface area (Å²) in [5, 5.41) is 3.86. The molecule has 1 heterocycles. The predicted octanol–water partition coefficient (Wildman–Crippen LogP) is 1.20. The monoisotopic (exact) mass is 211 g/mol. The molecule has 0 aliphatic heterocycles. The fourth-order valence-corrected chi connectivity index (χ4v) is 1.99.